The number of likely N-dealkylation sites (tertiary alicyclic amines) is 1. The summed E-state index contributed by atoms with van der Waals surface area (Å²) in [6.45, 7) is 5.22. The number of amides is 1. The average molecular weight is 423 g/mol. The van der Waals surface area contributed by atoms with Crippen LogP contribution in [0.25, 0.3) is 11.0 Å². The fraction of sp³-hybridized carbons (Fsp3) is 0.333. The Balaban J connectivity index is 1.63. The van der Waals surface area contributed by atoms with Gasteiger partial charge in [0.2, 0.25) is 5.91 Å². The molecule has 0 aliphatic carbocycles. The molecular weight excluding hydrogens is 398 g/mol. The van der Waals surface area contributed by atoms with E-state index in [2.05, 4.69) is 21.9 Å². The zero-order valence-corrected chi connectivity index (χ0v) is 17.5. The molecular formula is C21H25N7O3. The molecule has 1 aromatic carbocycles. The summed E-state index contributed by atoms with van der Waals surface area (Å²) in [6.07, 6.45) is 3.53. The first-order chi connectivity index (χ1) is 15.0. The number of carbonyl (C=O) groups is 1. The lowest BCUT2D eigenvalue weighted by Gasteiger charge is -2.14. The van der Waals surface area contributed by atoms with Crippen LogP contribution in [-0.2, 0) is 11.3 Å². The van der Waals surface area contributed by atoms with E-state index in [0.29, 0.717) is 53.8 Å². The van der Waals surface area contributed by atoms with Gasteiger partial charge >= 0.3 is 0 Å². The fourth-order valence-corrected chi connectivity index (χ4v) is 3.80. The smallest absolute Gasteiger partial charge is 0.246 e. The molecule has 1 atom stereocenters. The number of hydrogen-bond acceptors (Lipinski definition) is 8. The van der Waals surface area contributed by atoms with Crippen LogP contribution < -0.4 is 20.5 Å². The first kappa shape index (κ1) is 20.5. The zero-order chi connectivity index (χ0) is 22.0. The summed E-state index contributed by atoms with van der Waals surface area (Å²) in [5.41, 5.74) is 7.76. The molecule has 10 heteroatoms. The number of benzene rings is 1. The molecule has 3 N–H and O–H groups in total. The Kier molecular flexibility index (Phi) is 5.61. The first-order valence-corrected chi connectivity index (χ1v) is 9.90. The van der Waals surface area contributed by atoms with Gasteiger partial charge < -0.3 is 25.4 Å². The lowest BCUT2D eigenvalue weighted by atomic mass is 10.2. The van der Waals surface area contributed by atoms with Gasteiger partial charge in [-0.3, -0.25) is 4.79 Å². The van der Waals surface area contributed by atoms with Crippen molar-refractivity contribution in [2.75, 3.05) is 38.4 Å². The molecule has 0 saturated carbocycles. The number of rotatable bonds is 7. The number of nitrogens with zero attached hydrogens (tertiary/aromatic N) is 5. The third-order valence-electron chi connectivity index (χ3n) is 5.38. The van der Waals surface area contributed by atoms with Crippen LogP contribution in [0.4, 0.5) is 11.6 Å². The van der Waals surface area contributed by atoms with Gasteiger partial charge in [-0.25, -0.2) is 14.6 Å². The summed E-state index contributed by atoms with van der Waals surface area (Å²) in [7, 11) is 3.22. The van der Waals surface area contributed by atoms with Crippen LogP contribution in [0.2, 0.25) is 0 Å². The van der Waals surface area contributed by atoms with Crippen LogP contribution >= 0.6 is 0 Å². The number of ether oxygens (including phenoxy) is 2. The molecule has 0 bridgehead atoms. The molecule has 0 spiro atoms. The van der Waals surface area contributed by atoms with Crippen LogP contribution in [0.15, 0.2) is 37.2 Å². The summed E-state index contributed by atoms with van der Waals surface area (Å²) in [4.78, 5) is 22.3. The van der Waals surface area contributed by atoms with Gasteiger partial charge in [0.05, 0.1) is 20.3 Å². The quantitative estimate of drug-likeness (QED) is 0.554. The third kappa shape index (κ3) is 3.96. The van der Waals surface area contributed by atoms with Gasteiger partial charge in [-0.15, -0.1) is 0 Å². The van der Waals surface area contributed by atoms with E-state index < -0.39 is 0 Å². The zero-order valence-electron chi connectivity index (χ0n) is 17.5. The molecule has 3 aromatic rings. The second-order valence-electron chi connectivity index (χ2n) is 7.26. The van der Waals surface area contributed by atoms with Crippen LogP contribution in [0.5, 0.6) is 11.5 Å². The summed E-state index contributed by atoms with van der Waals surface area (Å²) < 4.78 is 12.5. The Morgan fingerprint density at radius 2 is 2.03 bits per heavy atom. The predicted molar refractivity (Wildman–Crippen MR) is 117 cm³/mol. The van der Waals surface area contributed by atoms with E-state index in [-0.39, 0.29) is 11.9 Å². The fourth-order valence-electron chi connectivity index (χ4n) is 3.80. The summed E-state index contributed by atoms with van der Waals surface area (Å²) >= 11 is 0. The maximum absolute atomic E-state index is 12.0. The van der Waals surface area contributed by atoms with E-state index in [1.54, 1.807) is 19.1 Å². The number of anilines is 2. The van der Waals surface area contributed by atoms with Gasteiger partial charge in [0, 0.05) is 25.7 Å². The number of nitrogen functional groups attached to an aromatic ring is 1. The molecule has 0 unspecified atom stereocenters. The van der Waals surface area contributed by atoms with Gasteiger partial charge in [-0.1, -0.05) is 6.58 Å². The highest BCUT2D eigenvalue weighted by molar-refractivity contribution is 5.96. The molecule has 1 saturated heterocycles. The number of nitrogens with one attached hydrogen (secondary N) is 1. The number of carbonyl (C=O) groups excluding carboxylic acids is 1. The highest BCUT2D eigenvalue weighted by Crippen LogP contribution is 2.32. The second kappa shape index (κ2) is 8.50. The monoisotopic (exact) mass is 423 g/mol. The van der Waals surface area contributed by atoms with Crippen LogP contribution in [0.3, 0.4) is 0 Å². The largest absolute Gasteiger partial charge is 0.497 e. The number of fused-ring (bicyclic) bond motifs is 1. The van der Waals surface area contributed by atoms with Gasteiger partial charge in [0.25, 0.3) is 0 Å². The number of methoxy groups -OCH3 is 2. The molecule has 2 aromatic heterocycles. The van der Waals surface area contributed by atoms with Crippen molar-refractivity contribution < 1.29 is 14.3 Å². The van der Waals surface area contributed by atoms with Crippen LogP contribution in [0, 0.1) is 0 Å². The Bertz CT molecular complexity index is 1110. The second-order valence-corrected chi connectivity index (χ2v) is 7.26. The predicted octanol–water partition coefficient (Wildman–Crippen LogP) is 2.00. The maximum atomic E-state index is 12.0. The minimum Gasteiger partial charge on any atom is -0.497 e. The van der Waals surface area contributed by atoms with Gasteiger partial charge in [-0.05, 0) is 30.2 Å². The number of nitrogens with two attached hydrogens (primary N) is 1. The summed E-state index contributed by atoms with van der Waals surface area (Å²) in [5.74, 6) is 2.25. The van der Waals surface area contributed by atoms with Crippen molar-refractivity contribution in [3.05, 3.63) is 42.7 Å². The van der Waals surface area contributed by atoms with Crippen LogP contribution in [-0.4, -0.2) is 57.9 Å². The molecule has 4 rings (SSSR count). The Morgan fingerprint density at radius 3 is 2.71 bits per heavy atom. The molecule has 3 heterocycles. The van der Waals surface area contributed by atoms with Crippen molar-refractivity contribution in [1.82, 2.24) is 24.6 Å². The number of hydrogen-bond donors (Lipinski definition) is 2. The van der Waals surface area contributed by atoms with Crippen molar-refractivity contribution in [3.8, 4) is 11.5 Å². The first-order valence-electron chi connectivity index (χ1n) is 9.90. The molecule has 0 radical (unpaired) electrons. The molecule has 1 aliphatic rings. The van der Waals surface area contributed by atoms with E-state index >= 15 is 0 Å². The average Bonchev–Trinajstić information content (AvgIpc) is 3.42. The van der Waals surface area contributed by atoms with E-state index in [9.17, 15) is 4.79 Å². The van der Waals surface area contributed by atoms with Crippen molar-refractivity contribution in [1.29, 1.82) is 0 Å². The SMILES string of the molecule is C=CC(=O)N1CC[C@H](n2nc(NCc3cc(OC)cc(OC)c3)c3c(N)ncnc32)C1. The molecule has 1 fully saturated rings. The summed E-state index contributed by atoms with van der Waals surface area (Å²) in [5, 5.41) is 8.74. The minimum absolute atomic E-state index is 0.00633. The van der Waals surface area contributed by atoms with Crippen molar-refractivity contribution in [2.45, 2.75) is 19.0 Å². The topological polar surface area (TPSA) is 120 Å². The Hall–Kier alpha value is -3.82. The van der Waals surface area contributed by atoms with Gasteiger partial charge in [0.15, 0.2) is 11.5 Å². The minimum atomic E-state index is -0.0848. The maximum Gasteiger partial charge on any atom is 0.246 e. The molecule has 1 aliphatic heterocycles. The molecule has 1 amide bonds. The van der Waals surface area contributed by atoms with Crippen molar-refractivity contribution >= 4 is 28.6 Å². The highest BCUT2D eigenvalue weighted by Gasteiger charge is 2.29. The normalized spacial score (nSPS) is 15.8. The van der Waals surface area contributed by atoms with Crippen LogP contribution in [0.1, 0.15) is 18.0 Å². The van der Waals surface area contributed by atoms with E-state index in [0.717, 1.165) is 12.0 Å². The van der Waals surface area contributed by atoms with Gasteiger partial charge in [-0.2, -0.15) is 5.10 Å². The third-order valence-corrected chi connectivity index (χ3v) is 5.38. The molecule has 162 valence electrons. The van der Waals surface area contributed by atoms with Crippen molar-refractivity contribution in [3.63, 3.8) is 0 Å². The summed E-state index contributed by atoms with van der Waals surface area (Å²) in [6, 6.07) is 5.65. The Morgan fingerprint density at radius 1 is 1.29 bits per heavy atom. The van der Waals surface area contributed by atoms with E-state index in [4.69, 9.17) is 20.3 Å². The lowest BCUT2D eigenvalue weighted by molar-refractivity contribution is -0.125. The molecule has 31 heavy (non-hydrogen) atoms. The Labute approximate surface area is 179 Å². The molecule has 10 nitrogen and oxygen atoms in total. The van der Waals surface area contributed by atoms with E-state index in [1.165, 1.54) is 12.4 Å². The highest BCUT2D eigenvalue weighted by atomic mass is 16.5. The number of aromatic nitrogens is 4. The van der Waals surface area contributed by atoms with Crippen molar-refractivity contribution in [2.24, 2.45) is 0 Å². The van der Waals surface area contributed by atoms with E-state index in [1.807, 2.05) is 22.9 Å². The van der Waals surface area contributed by atoms with Gasteiger partial charge in [0.1, 0.15) is 29.0 Å². The standard InChI is InChI=1S/C21H25N7O3/c1-4-17(29)27-6-5-14(11-27)28-21-18(19(22)24-12-25-21)20(26-28)23-10-13-7-15(30-2)9-16(8-13)31-3/h4,7-9,12,14H,1,5-6,10-11H2,2-3H3,(H,23,26)(H2,22,24,25)/t14-/m0/s1. The lowest BCUT2D eigenvalue weighted by Crippen LogP contribution is -2.27.